The van der Waals surface area contributed by atoms with Crippen molar-refractivity contribution in [3.8, 4) is 0 Å². The SMILES string of the molecule is C[C@@H]1CN(C(=O)/C=C/c2ccc([N+](=O)[O-])cc2)C[C@H](C)O1. The average Bonchev–Trinajstić information content (AvgIpc) is 2.44. The number of non-ortho nitro benzene ring substituents is 1. The summed E-state index contributed by atoms with van der Waals surface area (Å²) in [6.45, 7) is 5.04. The maximum atomic E-state index is 12.1. The molecule has 0 unspecified atom stereocenters. The lowest BCUT2D eigenvalue weighted by molar-refractivity contribution is -0.384. The summed E-state index contributed by atoms with van der Waals surface area (Å²) in [6, 6.07) is 6.07. The van der Waals surface area contributed by atoms with E-state index in [4.69, 9.17) is 4.74 Å². The number of carbonyl (C=O) groups excluding carboxylic acids is 1. The van der Waals surface area contributed by atoms with Crippen molar-refractivity contribution >= 4 is 17.7 Å². The van der Waals surface area contributed by atoms with Gasteiger partial charge in [-0.3, -0.25) is 14.9 Å². The lowest BCUT2D eigenvalue weighted by Crippen LogP contribution is -2.47. The van der Waals surface area contributed by atoms with E-state index in [1.165, 1.54) is 18.2 Å². The first-order chi connectivity index (χ1) is 9.95. The minimum Gasteiger partial charge on any atom is -0.372 e. The first kappa shape index (κ1) is 15.2. The highest BCUT2D eigenvalue weighted by molar-refractivity contribution is 5.91. The molecule has 2 rings (SSSR count). The van der Waals surface area contributed by atoms with Crippen molar-refractivity contribution in [2.24, 2.45) is 0 Å². The lowest BCUT2D eigenvalue weighted by Gasteiger charge is -2.34. The third kappa shape index (κ3) is 4.13. The van der Waals surface area contributed by atoms with Crippen molar-refractivity contribution in [3.05, 3.63) is 46.0 Å². The van der Waals surface area contributed by atoms with Crippen LogP contribution in [0.25, 0.3) is 6.08 Å². The molecule has 1 saturated heterocycles. The molecular formula is C15H18N2O4. The van der Waals surface area contributed by atoms with Crippen LogP contribution in [-0.2, 0) is 9.53 Å². The number of morpholine rings is 1. The van der Waals surface area contributed by atoms with Gasteiger partial charge in [0, 0.05) is 31.3 Å². The summed E-state index contributed by atoms with van der Waals surface area (Å²) in [6.07, 6.45) is 3.22. The lowest BCUT2D eigenvalue weighted by atomic mass is 10.2. The molecule has 0 saturated carbocycles. The number of hydrogen-bond donors (Lipinski definition) is 0. The highest BCUT2D eigenvalue weighted by Gasteiger charge is 2.24. The summed E-state index contributed by atoms with van der Waals surface area (Å²) in [5.74, 6) is -0.0737. The van der Waals surface area contributed by atoms with Crippen LogP contribution in [0.4, 0.5) is 5.69 Å². The molecule has 0 N–H and O–H groups in total. The van der Waals surface area contributed by atoms with E-state index in [-0.39, 0.29) is 23.8 Å². The van der Waals surface area contributed by atoms with Gasteiger partial charge in [-0.1, -0.05) is 0 Å². The number of nitrogens with zero attached hydrogens (tertiary/aromatic N) is 2. The Hall–Kier alpha value is -2.21. The summed E-state index contributed by atoms with van der Waals surface area (Å²) >= 11 is 0. The third-order valence-electron chi connectivity index (χ3n) is 3.25. The van der Waals surface area contributed by atoms with Crippen LogP contribution in [0, 0.1) is 10.1 Å². The quantitative estimate of drug-likeness (QED) is 0.486. The Balaban J connectivity index is 1.99. The molecule has 21 heavy (non-hydrogen) atoms. The number of amides is 1. The molecule has 1 aromatic rings. The molecule has 6 nitrogen and oxygen atoms in total. The Morgan fingerprint density at radius 1 is 1.29 bits per heavy atom. The van der Waals surface area contributed by atoms with Crippen molar-refractivity contribution in [3.63, 3.8) is 0 Å². The molecular weight excluding hydrogens is 272 g/mol. The molecule has 0 spiro atoms. The molecule has 1 amide bonds. The molecule has 6 heteroatoms. The molecule has 1 heterocycles. The van der Waals surface area contributed by atoms with Gasteiger partial charge in [-0.25, -0.2) is 0 Å². The summed E-state index contributed by atoms with van der Waals surface area (Å²) in [7, 11) is 0. The number of nitro benzene ring substituents is 1. The van der Waals surface area contributed by atoms with Gasteiger partial charge in [0.05, 0.1) is 17.1 Å². The zero-order chi connectivity index (χ0) is 15.4. The van der Waals surface area contributed by atoms with E-state index in [0.29, 0.717) is 13.1 Å². The summed E-state index contributed by atoms with van der Waals surface area (Å²) < 4.78 is 5.58. The van der Waals surface area contributed by atoms with Gasteiger partial charge in [0.25, 0.3) is 5.69 Å². The Labute approximate surface area is 123 Å². The second-order valence-electron chi connectivity index (χ2n) is 5.18. The Morgan fingerprint density at radius 3 is 2.38 bits per heavy atom. The van der Waals surface area contributed by atoms with E-state index in [1.807, 2.05) is 13.8 Å². The molecule has 1 aromatic carbocycles. The van der Waals surface area contributed by atoms with Gasteiger partial charge in [-0.15, -0.1) is 0 Å². The Morgan fingerprint density at radius 2 is 1.86 bits per heavy atom. The predicted molar refractivity (Wildman–Crippen MR) is 78.7 cm³/mol. The second kappa shape index (κ2) is 6.49. The van der Waals surface area contributed by atoms with E-state index < -0.39 is 4.92 Å². The van der Waals surface area contributed by atoms with Crippen LogP contribution >= 0.6 is 0 Å². The van der Waals surface area contributed by atoms with Gasteiger partial charge < -0.3 is 9.64 Å². The zero-order valence-electron chi connectivity index (χ0n) is 12.1. The number of benzene rings is 1. The summed E-state index contributed by atoms with van der Waals surface area (Å²) in [4.78, 5) is 24.0. The van der Waals surface area contributed by atoms with Crippen LogP contribution in [0.5, 0.6) is 0 Å². The van der Waals surface area contributed by atoms with Crippen molar-refractivity contribution in [1.82, 2.24) is 4.90 Å². The number of ether oxygens (including phenoxy) is 1. The third-order valence-corrected chi connectivity index (χ3v) is 3.25. The van der Waals surface area contributed by atoms with Crippen molar-refractivity contribution in [2.75, 3.05) is 13.1 Å². The molecule has 1 aliphatic rings. The molecule has 0 aromatic heterocycles. The zero-order valence-corrected chi connectivity index (χ0v) is 12.1. The number of rotatable bonds is 3. The van der Waals surface area contributed by atoms with E-state index >= 15 is 0 Å². The average molecular weight is 290 g/mol. The molecule has 112 valence electrons. The van der Waals surface area contributed by atoms with E-state index in [2.05, 4.69) is 0 Å². The second-order valence-corrected chi connectivity index (χ2v) is 5.18. The van der Waals surface area contributed by atoms with Gasteiger partial charge in [-0.2, -0.15) is 0 Å². The van der Waals surface area contributed by atoms with Gasteiger partial charge in [0.15, 0.2) is 0 Å². The normalized spacial score (nSPS) is 22.5. The molecule has 1 aliphatic heterocycles. The monoisotopic (exact) mass is 290 g/mol. The van der Waals surface area contributed by atoms with Gasteiger partial charge in [-0.05, 0) is 37.6 Å². The minimum absolute atomic E-state index is 0.0328. The fourth-order valence-electron chi connectivity index (χ4n) is 2.34. The maximum absolute atomic E-state index is 12.1. The molecule has 0 aliphatic carbocycles. The minimum atomic E-state index is -0.449. The maximum Gasteiger partial charge on any atom is 0.269 e. The van der Waals surface area contributed by atoms with Crippen molar-refractivity contribution < 1.29 is 14.5 Å². The standard InChI is InChI=1S/C15H18N2O4/c1-11-9-16(10-12(2)21-11)15(18)8-5-13-3-6-14(7-4-13)17(19)20/h3-8,11-12H,9-10H2,1-2H3/b8-5+/t11-,12+. The summed E-state index contributed by atoms with van der Waals surface area (Å²) in [5, 5.41) is 10.6. The smallest absolute Gasteiger partial charge is 0.269 e. The van der Waals surface area contributed by atoms with E-state index in [9.17, 15) is 14.9 Å². The number of hydrogen-bond acceptors (Lipinski definition) is 4. The molecule has 0 bridgehead atoms. The Bertz CT molecular complexity index is 543. The van der Waals surface area contributed by atoms with E-state index in [1.54, 1.807) is 23.1 Å². The van der Waals surface area contributed by atoms with Crippen molar-refractivity contribution in [1.29, 1.82) is 0 Å². The molecule has 0 radical (unpaired) electrons. The highest BCUT2D eigenvalue weighted by atomic mass is 16.6. The van der Waals surface area contributed by atoms with Crippen LogP contribution in [-0.4, -0.2) is 41.0 Å². The number of nitro groups is 1. The van der Waals surface area contributed by atoms with Gasteiger partial charge in [0.1, 0.15) is 0 Å². The van der Waals surface area contributed by atoms with Crippen LogP contribution in [0.2, 0.25) is 0 Å². The molecule has 2 atom stereocenters. The fourth-order valence-corrected chi connectivity index (χ4v) is 2.34. The first-order valence-corrected chi connectivity index (χ1v) is 6.82. The highest BCUT2D eigenvalue weighted by Crippen LogP contribution is 2.14. The van der Waals surface area contributed by atoms with Crippen molar-refractivity contribution in [2.45, 2.75) is 26.1 Å². The van der Waals surface area contributed by atoms with Crippen LogP contribution in [0.15, 0.2) is 30.3 Å². The largest absolute Gasteiger partial charge is 0.372 e. The summed E-state index contributed by atoms with van der Waals surface area (Å²) in [5.41, 5.74) is 0.789. The van der Waals surface area contributed by atoms with Gasteiger partial charge >= 0.3 is 0 Å². The Kier molecular flexibility index (Phi) is 4.70. The van der Waals surface area contributed by atoms with Crippen LogP contribution < -0.4 is 0 Å². The van der Waals surface area contributed by atoms with Gasteiger partial charge in [0.2, 0.25) is 5.91 Å². The fraction of sp³-hybridized carbons (Fsp3) is 0.400. The predicted octanol–water partition coefficient (Wildman–Crippen LogP) is 2.24. The first-order valence-electron chi connectivity index (χ1n) is 6.82. The van der Waals surface area contributed by atoms with Crippen LogP contribution in [0.3, 0.4) is 0 Å². The molecule has 1 fully saturated rings. The topological polar surface area (TPSA) is 72.7 Å². The van der Waals surface area contributed by atoms with Crippen LogP contribution in [0.1, 0.15) is 19.4 Å². The van der Waals surface area contributed by atoms with E-state index in [0.717, 1.165) is 5.56 Å². The number of carbonyl (C=O) groups is 1.